The quantitative estimate of drug-likeness (QED) is 0.190. The van der Waals surface area contributed by atoms with E-state index in [4.69, 9.17) is 9.47 Å². The number of piperidine rings is 1. The standard InChI is InChI=1S/C30H40F3IN4O4/c1-7-29(13-16-37(17-14-29)26(40)42-27(2,3)4)38-19-34-24(23-22(38)12-15-35-25(23)39)36-21-10-8-20(9-11-21)28(5,41-6)18-30(31,32)33/h8-12,15,36H,7,13-14,16-19H2,1-6H3,(H,35,39). The summed E-state index contributed by atoms with van der Waals surface area (Å²) in [6.45, 7) is 10.3. The summed E-state index contributed by atoms with van der Waals surface area (Å²) in [4.78, 5) is 32.8. The van der Waals surface area contributed by atoms with E-state index in [1.54, 1.807) is 35.4 Å². The third-order valence-electron chi connectivity index (χ3n) is 8.08. The minimum Gasteiger partial charge on any atom is -0.444 e. The summed E-state index contributed by atoms with van der Waals surface area (Å²) in [6.07, 6.45) is -1.72. The van der Waals surface area contributed by atoms with Gasteiger partial charge in [-0.3, -0.25) is 4.79 Å². The van der Waals surface area contributed by atoms with Gasteiger partial charge in [0.2, 0.25) is 0 Å². The van der Waals surface area contributed by atoms with Gasteiger partial charge in [-0.05, 0) is 70.7 Å². The third kappa shape index (κ3) is 7.12. The molecule has 0 saturated carbocycles. The molecule has 1 unspecified atom stereocenters. The maximum absolute atomic E-state index is 13.2. The number of nitrogens with one attached hydrogen (secondary N) is 2. The number of hydrogen-bond donors (Lipinski definition) is 2. The number of amides is 1. The number of H-pyrrole nitrogens is 1. The minimum absolute atomic E-state index is 0.189. The van der Waals surface area contributed by atoms with Crippen molar-refractivity contribution in [3.8, 4) is 0 Å². The molecule has 1 atom stereocenters. The van der Waals surface area contributed by atoms with E-state index >= 15 is 0 Å². The number of likely N-dealkylation sites (tertiary alicyclic amines) is 1. The van der Waals surface area contributed by atoms with E-state index < -0.39 is 44.5 Å². The number of rotatable bonds is 7. The Bertz CT molecular complexity index is 1360. The molecule has 0 bridgehead atoms. The topological polar surface area (TPSA) is 86.9 Å². The lowest BCUT2D eigenvalue weighted by Crippen LogP contribution is -2.57. The van der Waals surface area contributed by atoms with Crippen LogP contribution in [0.1, 0.15) is 71.4 Å². The number of alkyl halides is 4. The largest absolute Gasteiger partial charge is 0.444 e. The summed E-state index contributed by atoms with van der Waals surface area (Å²) in [6, 6.07) is 8.65. The molecule has 1 aromatic carbocycles. The molecule has 0 aliphatic carbocycles. The van der Waals surface area contributed by atoms with E-state index in [2.05, 4.69) is 22.1 Å². The number of aromatic amines is 1. The van der Waals surface area contributed by atoms with Gasteiger partial charge in [-0.15, -0.1) is 0 Å². The molecular weight excluding hydrogens is 664 g/mol. The zero-order chi connectivity index (χ0) is 30.9. The monoisotopic (exact) mass is 704 g/mol. The number of nitrogens with zero attached hydrogens (tertiary/aromatic N) is 2. The van der Waals surface area contributed by atoms with Crippen LogP contribution in [0.5, 0.6) is 0 Å². The van der Waals surface area contributed by atoms with Crippen molar-refractivity contribution >= 4 is 41.8 Å². The number of anilines is 2. The molecule has 8 nitrogen and oxygen atoms in total. The number of fused-ring (bicyclic) bond motifs is 1. The Balaban J connectivity index is 1.56. The fourth-order valence-electron chi connectivity index (χ4n) is 5.59. The van der Waals surface area contributed by atoms with Crippen molar-refractivity contribution in [1.29, 1.82) is 0 Å². The highest BCUT2D eigenvalue weighted by atomic mass is 127. The first-order valence-electron chi connectivity index (χ1n) is 14.0. The molecule has 2 aliphatic heterocycles. The average molecular weight is 705 g/mol. The van der Waals surface area contributed by atoms with Gasteiger partial charge in [0.1, 0.15) is 5.60 Å². The SMILES string of the molecule is CCC1(N2CI=C(Nc3ccc(C(C)(CC(F)(F)F)OC)cc3)c3c2cc[nH]c3=O)CCN(C(=O)OC(C)(C)C)CC1. The van der Waals surface area contributed by atoms with Crippen molar-refractivity contribution in [1.82, 2.24) is 9.88 Å². The summed E-state index contributed by atoms with van der Waals surface area (Å²) >= 11 is -0.652. The second-order valence-electron chi connectivity index (χ2n) is 12.0. The summed E-state index contributed by atoms with van der Waals surface area (Å²) < 4.78 is 52.0. The van der Waals surface area contributed by atoms with Gasteiger partial charge in [-0.2, -0.15) is 13.2 Å². The van der Waals surface area contributed by atoms with Crippen molar-refractivity contribution in [2.75, 3.05) is 35.0 Å². The fourth-order valence-corrected chi connectivity index (χ4v) is 8.77. The van der Waals surface area contributed by atoms with E-state index in [0.29, 0.717) is 29.9 Å². The number of halogens is 4. The van der Waals surface area contributed by atoms with Crippen LogP contribution in [-0.2, 0) is 15.1 Å². The lowest BCUT2D eigenvalue weighted by molar-refractivity contribution is -0.181. The van der Waals surface area contributed by atoms with Crippen LogP contribution in [0.15, 0.2) is 41.3 Å². The number of pyridine rings is 1. The molecule has 2 aromatic rings. The van der Waals surface area contributed by atoms with Crippen LogP contribution in [0, 0.1) is 0 Å². The normalized spacial score (nSPS) is 18.7. The smallest absolute Gasteiger partial charge is 0.410 e. The first kappa shape index (κ1) is 32.3. The maximum atomic E-state index is 13.2. The Kier molecular flexibility index (Phi) is 9.37. The average Bonchev–Trinajstić information content (AvgIpc) is 2.91. The number of hydrogen-bond acceptors (Lipinski definition) is 6. The second kappa shape index (κ2) is 12.2. The lowest BCUT2D eigenvalue weighted by Gasteiger charge is -2.50. The second-order valence-corrected chi connectivity index (χ2v) is 14.6. The Labute approximate surface area is 254 Å². The molecule has 1 saturated heterocycles. The lowest BCUT2D eigenvalue weighted by atomic mass is 9.83. The highest BCUT2D eigenvalue weighted by Crippen LogP contribution is 2.42. The Hall–Kier alpha value is -2.61. The fraction of sp³-hybridized carbons (Fsp3) is 0.567. The highest BCUT2D eigenvalue weighted by Gasteiger charge is 2.43. The van der Waals surface area contributed by atoms with E-state index in [9.17, 15) is 22.8 Å². The van der Waals surface area contributed by atoms with Crippen LogP contribution in [0.25, 0.3) is 0 Å². The number of carbonyl (C=O) groups excluding carboxylic acids is 1. The van der Waals surface area contributed by atoms with E-state index in [1.165, 1.54) is 14.0 Å². The van der Waals surface area contributed by atoms with Gasteiger partial charge >= 0.3 is 12.3 Å². The van der Waals surface area contributed by atoms with Crippen LogP contribution in [-0.4, -0.2) is 61.7 Å². The van der Waals surface area contributed by atoms with Crippen LogP contribution in [0.3, 0.4) is 0 Å². The number of carbonyl (C=O) groups is 1. The molecular formula is C30H40F3IN4O4. The molecule has 1 fully saturated rings. The molecule has 4 rings (SSSR count). The van der Waals surface area contributed by atoms with Crippen molar-refractivity contribution < 1.29 is 27.4 Å². The van der Waals surface area contributed by atoms with Crippen LogP contribution in [0.2, 0.25) is 0 Å². The van der Waals surface area contributed by atoms with Crippen molar-refractivity contribution in [3.05, 3.63) is 58.0 Å². The molecule has 0 radical (unpaired) electrons. The van der Waals surface area contributed by atoms with Gasteiger partial charge in [-0.25, -0.2) is 4.79 Å². The predicted octanol–water partition coefficient (Wildman–Crippen LogP) is 6.71. The van der Waals surface area contributed by atoms with Crippen molar-refractivity contribution in [3.63, 3.8) is 0 Å². The zero-order valence-corrected chi connectivity index (χ0v) is 27.1. The molecule has 3 heterocycles. The van der Waals surface area contributed by atoms with Crippen LogP contribution < -0.4 is 15.8 Å². The Morgan fingerprint density at radius 3 is 2.29 bits per heavy atom. The van der Waals surface area contributed by atoms with E-state index in [1.807, 2.05) is 26.8 Å². The molecule has 42 heavy (non-hydrogen) atoms. The summed E-state index contributed by atoms with van der Waals surface area (Å²) in [5.41, 5.74) is 0.123. The molecule has 1 aromatic heterocycles. The van der Waals surface area contributed by atoms with Crippen LogP contribution >= 0.6 is 20.7 Å². The molecule has 12 heteroatoms. The van der Waals surface area contributed by atoms with Gasteiger partial charge in [0, 0.05) is 37.6 Å². The molecule has 2 N–H and O–H groups in total. The van der Waals surface area contributed by atoms with Crippen molar-refractivity contribution in [2.45, 2.75) is 83.2 Å². The summed E-state index contributed by atoms with van der Waals surface area (Å²) in [5, 5.41) is 3.41. The number of aromatic nitrogens is 1. The number of methoxy groups -OCH3 is 1. The molecule has 1 amide bonds. The van der Waals surface area contributed by atoms with Gasteiger partial charge in [0.25, 0.3) is 5.56 Å². The summed E-state index contributed by atoms with van der Waals surface area (Å²) in [5.74, 6) is 0. The highest BCUT2D eigenvalue weighted by molar-refractivity contribution is 14.2. The third-order valence-corrected chi connectivity index (χ3v) is 10.7. The first-order valence-corrected chi connectivity index (χ1v) is 16.6. The van der Waals surface area contributed by atoms with Gasteiger partial charge in [0.05, 0.1) is 31.5 Å². The van der Waals surface area contributed by atoms with E-state index in [-0.39, 0.29) is 17.2 Å². The van der Waals surface area contributed by atoms with Crippen molar-refractivity contribution in [2.24, 2.45) is 0 Å². The zero-order valence-electron chi connectivity index (χ0n) is 25.0. The Morgan fingerprint density at radius 1 is 1.10 bits per heavy atom. The Morgan fingerprint density at radius 2 is 1.74 bits per heavy atom. The van der Waals surface area contributed by atoms with Gasteiger partial charge in [0.15, 0.2) is 0 Å². The molecule has 2 aliphatic rings. The number of ether oxygens (including phenoxy) is 2. The summed E-state index contributed by atoms with van der Waals surface area (Å²) in [7, 11) is 1.28. The van der Waals surface area contributed by atoms with Crippen LogP contribution in [0.4, 0.5) is 29.3 Å². The minimum atomic E-state index is -4.37. The first-order chi connectivity index (χ1) is 19.6. The van der Waals surface area contributed by atoms with E-state index in [0.717, 1.165) is 33.1 Å². The molecule has 0 spiro atoms. The van der Waals surface area contributed by atoms with Gasteiger partial charge in [-0.1, -0.05) is 39.8 Å². The predicted molar refractivity (Wildman–Crippen MR) is 168 cm³/mol. The van der Waals surface area contributed by atoms with Gasteiger partial charge < -0.3 is 29.6 Å². The maximum Gasteiger partial charge on any atom is 0.410 e. The molecule has 232 valence electrons. The number of benzene rings is 1.